The lowest BCUT2D eigenvalue weighted by atomic mass is 10.0. The maximum atomic E-state index is 13.0. The summed E-state index contributed by atoms with van der Waals surface area (Å²) in [6, 6.07) is 15.6. The Bertz CT molecular complexity index is 852. The second-order valence-corrected chi connectivity index (χ2v) is 7.86. The molecule has 5 nitrogen and oxygen atoms in total. The maximum absolute atomic E-state index is 13.0. The molecule has 146 valence electrons. The van der Waals surface area contributed by atoms with Gasteiger partial charge in [-0.15, -0.1) is 0 Å². The standard InChI is InChI=1S/C18H17F3O5S/c19-18(20,21)27(24,25)16(11-15(22)14-9-5-2-6-10-14)17(23)26-12-13-7-3-1-4-8-13/h1-10,15-16,22H,11-12H2. The zero-order valence-electron chi connectivity index (χ0n) is 14.0. The molecular weight excluding hydrogens is 385 g/mol. The number of carbonyl (C=O) groups is 1. The average molecular weight is 402 g/mol. The van der Waals surface area contributed by atoms with E-state index in [1.54, 1.807) is 36.4 Å². The van der Waals surface area contributed by atoms with Crippen LogP contribution >= 0.6 is 0 Å². The molecule has 2 aromatic carbocycles. The number of carbonyl (C=O) groups excluding carboxylic acids is 1. The Morgan fingerprint density at radius 2 is 1.52 bits per heavy atom. The average Bonchev–Trinajstić information content (AvgIpc) is 2.64. The molecule has 0 saturated heterocycles. The minimum Gasteiger partial charge on any atom is -0.460 e. The van der Waals surface area contributed by atoms with Crippen LogP contribution in [0.15, 0.2) is 60.7 Å². The third-order valence-electron chi connectivity index (χ3n) is 3.81. The van der Waals surface area contributed by atoms with Gasteiger partial charge < -0.3 is 9.84 Å². The summed E-state index contributed by atoms with van der Waals surface area (Å²) in [4.78, 5) is 12.2. The molecule has 0 aromatic heterocycles. The zero-order chi connectivity index (χ0) is 20.1. The van der Waals surface area contributed by atoms with Gasteiger partial charge in [0, 0.05) is 6.42 Å². The molecule has 0 aliphatic rings. The van der Waals surface area contributed by atoms with Gasteiger partial charge in [0.05, 0.1) is 6.10 Å². The molecule has 0 heterocycles. The Labute approximate surface area is 154 Å². The molecule has 0 aliphatic carbocycles. The summed E-state index contributed by atoms with van der Waals surface area (Å²) >= 11 is 0. The van der Waals surface area contributed by atoms with Crippen molar-refractivity contribution in [3.63, 3.8) is 0 Å². The highest BCUT2D eigenvalue weighted by Gasteiger charge is 2.54. The largest absolute Gasteiger partial charge is 0.498 e. The van der Waals surface area contributed by atoms with Gasteiger partial charge in [0.1, 0.15) is 6.61 Å². The van der Waals surface area contributed by atoms with Crippen LogP contribution in [0, 0.1) is 0 Å². The van der Waals surface area contributed by atoms with Gasteiger partial charge in [0.2, 0.25) is 0 Å². The predicted molar refractivity (Wildman–Crippen MR) is 91.0 cm³/mol. The van der Waals surface area contributed by atoms with Crippen molar-refractivity contribution in [3.05, 3.63) is 71.8 Å². The molecule has 27 heavy (non-hydrogen) atoms. The molecule has 0 amide bonds. The monoisotopic (exact) mass is 402 g/mol. The first-order chi connectivity index (χ1) is 12.6. The third-order valence-corrected chi connectivity index (χ3v) is 5.58. The van der Waals surface area contributed by atoms with E-state index in [4.69, 9.17) is 4.74 Å². The maximum Gasteiger partial charge on any atom is 0.498 e. The van der Waals surface area contributed by atoms with Crippen LogP contribution in [0.3, 0.4) is 0 Å². The zero-order valence-corrected chi connectivity index (χ0v) is 14.8. The van der Waals surface area contributed by atoms with E-state index < -0.39 is 39.1 Å². The van der Waals surface area contributed by atoms with Gasteiger partial charge in [-0.1, -0.05) is 60.7 Å². The summed E-state index contributed by atoms with van der Waals surface area (Å²) in [6.07, 6.45) is -2.56. The Morgan fingerprint density at radius 3 is 2.04 bits per heavy atom. The first-order valence-electron chi connectivity index (χ1n) is 7.86. The molecule has 2 unspecified atom stereocenters. The fourth-order valence-corrected chi connectivity index (χ4v) is 3.43. The van der Waals surface area contributed by atoms with E-state index in [9.17, 15) is 31.5 Å². The van der Waals surface area contributed by atoms with Gasteiger partial charge in [-0.25, -0.2) is 8.42 Å². The number of sulfone groups is 1. The van der Waals surface area contributed by atoms with Crippen LogP contribution in [0.4, 0.5) is 13.2 Å². The molecule has 1 N–H and O–H groups in total. The smallest absolute Gasteiger partial charge is 0.460 e. The highest BCUT2D eigenvalue weighted by atomic mass is 32.2. The van der Waals surface area contributed by atoms with Gasteiger partial charge in [0.15, 0.2) is 5.25 Å². The lowest BCUT2D eigenvalue weighted by Gasteiger charge is -2.21. The Kier molecular flexibility index (Phi) is 6.61. The van der Waals surface area contributed by atoms with Crippen LogP contribution in [0.25, 0.3) is 0 Å². The lowest BCUT2D eigenvalue weighted by Crippen LogP contribution is -2.41. The van der Waals surface area contributed by atoms with E-state index in [-0.39, 0.29) is 12.2 Å². The molecular formula is C18H17F3O5S. The Balaban J connectivity index is 2.22. The summed E-state index contributed by atoms with van der Waals surface area (Å²) in [7, 11) is -5.88. The molecule has 0 radical (unpaired) electrons. The summed E-state index contributed by atoms with van der Waals surface area (Å²) in [5, 5.41) is 7.54. The van der Waals surface area contributed by atoms with Crippen molar-refractivity contribution in [2.75, 3.05) is 0 Å². The quantitative estimate of drug-likeness (QED) is 0.720. The number of hydrogen-bond donors (Lipinski definition) is 1. The molecule has 2 aromatic rings. The van der Waals surface area contributed by atoms with E-state index in [2.05, 4.69) is 0 Å². The lowest BCUT2D eigenvalue weighted by molar-refractivity contribution is -0.145. The van der Waals surface area contributed by atoms with Gasteiger partial charge in [0.25, 0.3) is 9.84 Å². The molecule has 0 bridgehead atoms. The van der Waals surface area contributed by atoms with Crippen LogP contribution in [0.5, 0.6) is 0 Å². The van der Waals surface area contributed by atoms with E-state index >= 15 is 0 Å². The molecule has 0 spiro atoms. The van der Waals surface area contributed by atoms with E-state index in [0.717, 1.165) is 0 Å². The second-order valence-electron chi connectivity index (χ2n) is 5.73. The summed E-state index contributed by atoms with van der Waals surface area (Å²) in [5.74, 6) is -1.56. The summed E-state index contributed by atoms with van der Waals surface area (Å²) < 4.78 is 67.4. The number of ether oxygens (including phenoxy) is 1. The highest BCUT2D eigenvalue weighted by molar-refractivity contribution is 7.93. The second kappa shape index (κ2) is 8.53. The molecule has 0 fully saturated rings. The highest BCUT2D eigenvalue weighted by Crippen LogP contribution is 2.32. The van der Waals surface area contributed by atoms with E-state index in [1.165, 1.54) is 24.3 Å². The molecule has 0 saturated carbocycles. The van der Waals surface area contributed by atoms with E-state index in [1.807, 2.05) is 0 Å². The minimum atomic E-state index is -5.88. The van der Waals surface area contributed by atoms with Crippen molar-refractivity contribution in [1.29, 1.82) is 0 Å². The van der Waals surface area contributed by atoms with Crippen molar-refractivity contribution < 1.29 is 36.2 Å². The van der Waals surface area contributed by atoms with Gasteiger partial charge in [-0.05, 0) is 11.1 Å². The Morgan fingerprint density at radius 1 is 1.00 bits per heavy atom. The number of halogens is 3. The first-order valence-corrected chi connectivity index (χ1v) is 9.41. The number of hydrogen-bond acceptors (Lipinski definition) is 5. The predicted octanol–water partition coefficient (Wildman–Crippen LogP) is 3.16. The first kappa shape index (κ1) is 20.9. The van der Waals surface area contributed by atoms with Crippen LogP contribution in [0.1, 0.15) is 23.7 Å². The van der Waals surface area contributed by atoms with Crippen LogP contribution in [-0.4, -0.2) is 30.3 Å². The fourth-order valence-electron chi connectivity index (χ4n) is 2.35. The van der Waals surface area contributed by atoms with Crippen molar-refractivity contribution in [2.45, 2.75) is 29.9 Å². The molecule has 0 aliphatic heterocycles. The summed E-state index contributed by atoms with van der Waals surface area (Å²) in [6.45, 7) is -0.384. The fraction of sp³-hybridized carbons (Fsp3) is 0.278. The normalized spacial score (nSPS) is 14.4. The molecule has 2 atom stereocenters. The minimum absolute atomic E-state index is 0.190. The Hall–Kier alpha value is -2.39. The molecule has 9 heteroatoms. The number of aliphatic hydroxyl groups is 1. The van der Waals surface area contributed by atoms with Crippen molar-refractivity contribution in [1.82, 2.24) is 0 Å². The SMILES string of the molecule is O=C(OCc1ccccc1)C(CC(O)c1ccccc1)S(=O)(=O)C(F)(F)F. The van der Waals surface area contributed by atoms with Crippen molar-refractivity contribution >= 4 is 15.8 Å². The van der Waals surface area contributed by atoms with Gasteiger partial charge in [-0.3, -0.25) is 4.79 Å². The van der Waals surface area contributed by atoms with Gasteiger partial charge in [-0.2, -0.15) is 13.2 Å². The van der Waals surface area contributed by atoms with Crippen LogP contribution in [0.2, 0.25) is 0 Å². The number of rotatable bonds is 7. The van der Waals surface area contributed by atoms with Crippen molar-refractivity contribution in [2.24, 2.45) is 0 Å². The number of benzene rings is 2. The van der Waals surface area contributed by atoms with Gasteiger partial charge >= 0.3 is 11.5 Å². The van der Waals surface area contributed by atoms with Crippen molar-refractivity contribution in [3.8, 4) is 0 Å². The molecule has 2 rings (SSSR count). The van der Waals surface area contributed by atoms with E-state index in [0.29, 0.717) is 5.56 Å². The third kappa shape index (κ3) is 5.30. The number of esters is 1. The summed E-state index contributed by atoms with van der Waals surface area (Å²) in [5.41, 5.74) is -4.98. The topological polar surface area (TPSA) is 80.7 Å². The van der Waals surface area contributed by atoms with Crippen LogP contribution in [-0.2, 0) is 26.0 Å². The number of aliphatic hydroxyl groups excluding tert-OH is 1. The number of alkyl halides is 3. The van der Waals surface area contributed by atoms with Crippen LogP contribution < -0.4 is 0 Å².